The molecule has 0 aliphatic carbocycles. The average Bonchev–Trinajstić information content (AvgIpc) is 2.42. The highest BCUT2D eigenvalue weighted by atomic mass is 16.5. The maximum absolute atomic E-state index is 11.1. The SMILES string of the molecule is COC(=O)CCc1ccccc1CCC(=O)OC. The zero-order valence-electron chi connectivity index (χ0n) is 10.8. The molecule has 0 radical (unpaired) electrons. The fourth-order valence-electron chi connectivity index (χ4n) is 1.72. The van der Waals surface area contributed by atoms with E-state index in [4.69, 9.17) is 0 Å². The normalized spacial score (nSPS) is 9.89. The molecular weight excluding hydrogens is 232 g/mol. The third-order valence-corrected chi connectivity index (χ3v) is 2.77. The van der Waals surface area contributed by atoms with Gasteiger partial charge in [0.1, 0.15) is 0 Å². The first-order valence-electron chi connectivity index (χ1n) is 5.87. The highest BCUT2D eigenvalue weighted by Gasteiger charge is 2.07. The average molecular weight is 250 g/mol. The summed E-state index contributed by atoms with van der Waals surface area (Å²) in [6, 6.07) is 7.79. The Hall–Kier alpha value is -1.84. The minimum absolute atomic E-state index is 0.224. The minimum Gasteiger partial charge on any atom is -0.469 e. The Balaban J connectivity index is 2.61. The van der Waals surface area contributed by atoms with Crippen molar-refractivity contribution in [2.75, 3.05) is 14.2 Å². The third-order valence-electron chi connectivity index (χ3n) is 2.77. The van der Waals surface area contributed by atoms with Crippen LogP contribution in [0.2, 0.25) is 0 Å². The van der Waals surface area contributed by atoms with Crippen LogP contribution in [0.3, 0.4) is 0 Å². The van der Waals surface area contributed by atoms with Gasteiger partial charge in [0.2, 0.25) is 0 Å². The van der Waals surface area contributed by atoms with Gasteiger partial charge in [0.25, 0.3) is 0 Å². The second-order valence-electron chi connectivity index (χ2n) is 3.92. The van der Waals surface area contributed by atoms with Crippen LogP contribution in [-0.4, -0.2) is 26.2 Å². The minimum atomic E-state index is -0.224. The van der Waals surface area contributed by atoms with Gasteiger partial charge in [-0.2, -0.15) is 0 Å². The molecule has 1 aromatic rings. The zero-order valence-corrected chi connectivity index (χ0v) is 10.8. The monoisotopic (exact) mass is 250 g/mol. The number of ether oxygens (including phenoxy) is 2. The summed E-state index contributed by atoms with van der Waals surface area (Å²) in [5.74, 6) is -0.449. The lowest BCUT2D eigenvalue weighted by atomic mass is 9.99. The van der Waals surface area contributed by atoms with Crippen molar-refractivity contribution in [3.63, 3.8) is 0 Å². The molecule has 4 nitrogen and oxygen atoms in total. The number of hydrogen-bond acceptors (Lipinski definition) is 4. The number of esters is 2. The van der Waals surface area contributed by atoms with Crippen molar-refractivity contribution in [1.29, 1.82) is 0 Å². The Morgan fingerprint density at radius 2 is 1.28 bits per heavy atom. The molecule has 0 spiro atoms. The van der Waals surface area contributed by atoms with Crippen molar-refractivity contribution in [2.24, 2.45) is 0 Å². The molecule has 0 unspecified atom stereocenters. The number of carbonyl (C=O) groups is 2. The van der Waals surface area contributed by atoms with E-state index in [1.165, 1.54) is 14.2 Å². The summed E-state index contributed by atoms with van der Waals surface area (Å²) in [6.45, 7) is 0. The van der Waals surface area contributed by atoms with Crippen molar-refractivity contribution in [3.8, 4) is 0 Å². The molecule has 1 rings (SSSR count). The van der Waals surface area contributed by atoms with Gasteiger partial charge in [0, 0.05) is 12.8 Å². The number of hydrogen-bond donors (Lipinski definition) is 0. The molecule has 0 fully saturated rings. The highest BCUT2D eigenvalue weighted by Crippen LogP contribution is 2.13. The van der Waals surface area contributed by atoms with Gasteiger partial charge >= 0.3 is 11.9 Å². The molecule has 0 aliphatic rings. The van der Waals surface area contributed by atoms with Gasteiger partial charge in [-0.15, -0.1) is 0 Å². The first-order valence-corrected chi connectivity index (χ1v) is 5.87. The Morgan fingerprint density at radius 3 is 1.61 bits per heavy atom. The Bertz CT molecular complexity index is 373. The maximum Gasteiger partial charge on any atom is 0.305 e. The Morgan fingerprint density at radius 1 is 0.889 bits per heavy atom. The number of methoxy groups -OCH3 is 2. The van der Waals surface area contributed by atoms with Gasteiger partial charge in [-0.1, -0.05) is 24.3 Å². The van der Waals surface area contributed by atoms with Crippen LogP contribution in [0, 0.1) is 0 Å². The third kappa shape index (κ3) is 4.57. The molecule has 0 saturated carbocycles. The summed E-state index contributed by atoms with van der Waals surface area (Å²) < 4.78 is 9.23. The van der Waals surface area contributed by atoms with Gasteiger partial charge in [-0.25, -0.2) is 0 Å². The molecule has 1 aromatic carbocycles. The van der Waals surface area contributed by atoms with Crippen LogP contribution in [0.5, 0.6) is 0 Å². The van der Waals surface area contributed by atoms with Crippen LogP contribution < -0.4 is 0 Å². The molecule has 0 N–H and O–H groups in total. The van der Waals surface area contributed by atoms with E-state index in [2.05, 4.69) is 9.47 Å². The van der Waals surface area contributed by atoms with E-state index in [-0.39, 0.29) is 11.9 Å². The van der Waals surface area contributed by atoms with Crippen LogP contribution in [0.4, 0.5) is 0 Å². The lowest BCUT2D eigenvalue weighted by Crippen LogP contribution is -2.06. The Kier molecular flexibility index (Phi) is 5.91. The number of rotatable bonds is 6. The van der Waals surface area contributed by atoms with E-state index in [0.29, 0.717) is 25.7 Å². The van der Waals surface area contributed by atoms with Crippen molar-refractivity contribution >= 4 is 11.9 Å². The first kappa shape index (κ1) is 14.2. The summed E-state index contributed by atoms with van der Waals surface area (Å²) in [5, 5.41) is 0. The van der Waals surface area contributed by atoms with Crippen molar-refractivity contribution in [2.45, 2.75) is 25.7 Å². The van der Waals surface area contributed by atoms with Gasteiger partial charge in [0.05, 0.1) is 14.2 Å². The predicted octanol–water partition coefficient (Wildman–Crippen LogP) is 1.90. The van der Waals surface area contributed by atoms with Crippen molar-refractivity contribution < 1.29 is 19.1 Å². The van der Waals surface area contributed by atoms with Gasteiger partial charge in [0.15, 0.2) is 0 Å². The number of benzene rings is 1. The molecule has 0 bridgehead atoms. The van der Waals surface area contributed by atoms with E-state index in [0.717, 1.165) is 11.1 Å². The maximum atomic E-state index is 11.1. The first-order chi connectivity index (χ1) is 8.67. The molecule has 4 heteroatoms. The van der Waals surface area contributed by atoms with Gasteiger partial charge in [-0.05, 0) is 24.0 Å². The second kappa shape index (κ2) is 7.48. The summed E-state index contributed by atoms with van der Waals surface area (Å²) >= 11 is 0. The molecule has 0 aromatic heterocycles. The van der Waals surface area contributed by atoms with E-state index in [9.17, 15) is 9.59 Å². The smallest absolute Gasteiger partial charge is 0.305 e. The molecule has 0 heterocycles. The summed E-state index contributed by atoms with van der Waals surface area (Å²) in [4.78, 5) is 22.2. The van der Waals surface area contributed by atoms with E-state index >= 15 is 0 Å². The van der Waals surface area contributed by atoms with Gasteiger partial charge in [-0.3, -0.25) is 9.59 Å². The number of carbonyl (C=O) groups excluding carboxylic acids is 2. The lowest BCUT2D eigenvalue weighted by Gasteiger charge is -2.08. The standard InChI is InChI=1S/C14H18O4/c1-17-13(15)9-7-11-5-3-4-6-12(11)8-10-14(16)18-2/h3-6H,7-10H2,1-2H3. The molecule has 98 valence electrons. The molecule has 0 atom stereocenters. The zero-order chi connectivity index (χ0) is 13.4. The lowest BCUT2D eigenvalue weighted by molar-refractivity contribution is -0.141. The summed E-state index contributed by atoms with van der Waals surface area (Å²) in [7, 11) is 2.76. The quantitative estimate of drug-likeness (QED) is 0.723. The van der Waals surface area contributed by atoms with E-state index < -0.39 is 0 Å². The molecular formula is C14H18O4. The second-order valence-corrected chi connectivity index (χ2v) is 3.92. The van der Waals surface area contributed by atoms with Crippen molar-refractivity contribution in [1.82, 2.24) is 0 Å². The highest BCUT2D eigenvalue weighted by molar-refractivity contribution is 5.70. The summed E-state index contributed by atoms with van der Waals surface area (Å²) in [5.41, 5.74) is 2.15. The molecule has 0 amide bonds. The molecule has 0 saturated heterocycles. The largest absolute Gasteiger partial charge is 0.469 e. The van der Waals surface area contributed by atoms with Crippen LogP contribution in [0.25, 0.3) is 0 Å². The van der Waals surface area contributed by atoms with Crippen molar-refractivity contribution in [3.05, 3.63) is 35.4 Å². The van der Waals surface area contributed by atoms with Crippen LogP contribution in [0.1, 0.15) is 24.0 Å². The van der Waals surface area contributed by atoms with E-state index in [1.807, 2.05) is 24.3 Å². The fraction of sp³-hybridized carbons (Fsp3) is 0.429. The topological polar surface area (TPSA) is 52.6 Å². The van der Waals surface area contributed by atoms with Gasteiger partial charge < -0.3 is 9.47 Å². The Labute approximate surface area is 107 Å². The van der Waals surface area contributed by atoms with E-state index in [1.54, 1.807) is 0 Å². The van der Waals surface area contributed by atoms with Crippen LogP contribution in [0.15, 0.2) is 24.3 Å². The molecule has 18 heavy (non-hydrogen) atoms. The number of aryl methyl sites for hydroxylation is 2. The predicted molar refractivity (Wildman–Crippen MR) is 67.1 cm³/mol. The molecule has 0 aliphatic heterocycles. The van der Waals surface area contributed by atoms with Crippen LogP contribution in [-0.2, 0) is 31.9 Å². The summed E-state index contributed by atoms with van der Waals surface area (Å²) in [6.07, 6.45) is 1.96. The fourth-order valence-corrected chi connectivity index (χ4v) is 1.72. The van der Waals surface area contributed by atoms with Crippen LogP contribution >= 0.6 is 0 Å².